The maximum Gasteiger partial charge on any atom is 0.220 e. The van der Waals surface area contributed by atoms with Crippen molar-refractivity contribution >= 4 is 5.91 Å². The zero-order valence-electron chi connectivity index (χ0n) is 12.3. The molecule has 0 saturated carbocycles. The Morgan fingerprint density at radius 1 is 1.16 bits per heavy atom. The van der Waals surface area contributed by atoms with Crippen LogP contribution in [0.3, 0.4) is 0 Å². The molecule has 0 unspecified atom stereocenters. The lowest BCUT2D eigenvalue weighted by atomic mass is 10.1. The standard InChI is InChI=1S/C16H26N2O/c1-4-14-7-9-15(10-8-14)12-18-16(19)6-5-11-17-13(2)3/h7-10,13,17H,4-6,11-12H2,1-3H3,(H,18,19). The van der Waals surface area contributed by atoms with Crippen LogP contribution in [0.25, 0.3) is 0 Å². The van der Waals surface area contributed by atoms with Crippen molar-refractivity contribution in [1.82, 2.24) is 10.6 Å². The lowest BCUT2D eigenvalue weighted by Crippen LogP contribution is -2.27. The van der Waals surface area contributed by atoms with Crippen molar-refractivity contribution in [2.75, 3.05) is 6.54 Å². The maximum absolute atomic E-state index is 11.6. The third-order valence-electron chi connectivity index (χ3n) is 3.05. The number of benzene rings is 1. The van der Waals surface area contributed by atoms with Crippen LogP contribution >= 0.6 is 0 Å². The molecule has 0 aliphatic rings. The Balaban J connectivity index is 2.18. The summed E-state index contributed by atoms with van der Waals surface area (Å²) in [5, 5.41) is 6.27. The molecule has 1 amide bonds. The van der Waals surface area contributed by atoms with E-state index in [1.807, 2.05) is 0 Å². The van der Waals surface area contributed by atoms with Gasteiger partial charge in [0.05, 0.1) is 0 Å². The first-order valence-corrected chi connectivity index (χ1v) is 7.19. The highest BCUT2D eigenvalue weighted by Gasteiger charge is 2.01. The zero-order valence-corrected chi connectivity index (χ0v) is 12.3. The molecule has 106 valence electrons. The van der Waals surface area contributed by atoms with Gasteiger partial charge in [0.1, 0.15) is 0 Å². The zero-order chi connectivity index (χ0) is 14.1. The first-order valence-electron chi connectivity index (χ1n) is 7.19. The predicted octanol–water partition coefficient (Wildman–Crippen LogP) is 2.64. The second-order valence-electron chi connectivity index (χ2n) is 5.16. The highest BCUT2D eigenvalue weighted by Crippen LogP contribution is 2.04. The third kappa shape index (κ3) is 6.97. The second kappa shape index (κ2) is 8.70. The van der Waals surface area contributed by atoms with Crippen LogP contribution in [0.15, 0.2) is 24.3 Å². The van der Waals surface area contributed by atoms with E-state index in [-0.39, 0.29) is 5.91 Å². The van der Waals surface area contributed by atoms with Crippen molar-refractivity contribution in [3.8, 4) is 0 Å². The summed E-state index contributed by atoms with van der Waals surface area (Å²) >= 11 is 0. The van der Waals surface area contributed by atoms with E-state index in [1.54, 1.807) is 0 Å². The van der Waals surface area contributed by atoms with Crippen molar-refractivity contribution < 1.29 is 4.79 Å². The first-order chi connectivity index (χ1) is 9.11. The number of hydrogen-bond donors (Lipinski definition) is 2. The van der Waals surface area contributed by atoms with Crippen molar-refractivity contribution in [3.05, 3.63) is 35.4 Å². The van der Waals surface area contributed by atoms with Gasteiger partial charge in [-0.2, -0.15) is 0 Å². The van der Waals surface area contributed by atoms with Crippen LogP contribution in [0.5, 0.6) is 0 Å². The Bertz CT molecular complexity index is 371. The summed E-state index contributed by atoms with van der Waals surface area (Å²) in [5.74, 6) is 0.130. The summed E-state index contributed by atoms with van der Waals surface area (Å²) < 4.78 is 0. The molecule has 1 aromatic carbocycles. The fourth-order valence-corrected chi connectivity index (χ4v) is 1.82. The molecule has 0 radical (unpaired) electrons. The highest BCUT2D eigenvalue weighted by molar-refractivity contribution is 5.75. The number of aryl methyl sites for hydroxylation is 1. The number of nitrogens with one attached hydrogen (secondary N) is 2. The molecule has 2 N–H and O–H groups in total. The molecule has 0 fully saturated rings. The van der Waals surface area contributed by atoms with Crippen LogP contribution in [-0.2, 0) is 17.8 Å². The van der Waals surface area contributed by atoms with Crippen LogP contribution in [0.4, 0.5) is 0 Å². The first kappa shape index (κ1) is 15.7. The minimum Gasteiger partial charge on any atom is -0.352 e. The van der Waals surface area contributed by atoms with E-state index in [1.165, 1.54) is 5.56 Å². The molecule has 19 heavy (non-hydrogen) atoms. The van der Waals surface area contributed by atoms with Crippen molar-refractivity contribution in [1.29, 1.82) is 0 Å². The van der Waals surface area contributed by atoms with Gasteiger partial charge in [-0.05, 0) is 30.5 Å². The van der Waals surface area contributed by atoms with Gasteiger partial charge >= 0.3 is 0 Å². The Labute approximate surface area is 116 Å². The summed E-state index contributed by atoms with van der Waals surface area (Å²) in [6.45, 7) is 7.89. The molecule has 1 rings (SSSR count). The summed E-state index contributed by atoms with van der Waals surface area (Å²) in [7, 11) is 0. The molecule has 3 heteroatoms. The molecule has 0 atom stereocenters. The van der Waals surface area contributed by atoms with Gasteiger partial charge in [0, 0.05) is 19.0 Å². The molecular weight excluding hydrogens is 236 g/mol. The van der Waals surface area contributed by atoms with E-state index >= 15 is 0 Å². The fraction of sp³-hybridized carbons (Fsp3) is 0.562. The van der Waals surface area contributed by atoms with Crippen LogP contribution in [0, 0.1) is 0 Å². The number of hydrogen-bond acceptors (Lipinski definition) is 2. The molecule has 0 spiro atoms. The molecule has 0 aliphatic carbocycles. The average Bonchev–Trinajstić information content (AvgIpc) is 2.41. The third-order valence-corrected chi connectivity index (χ3v) is 3.05. The molecular formula is C16H26N2O. The molecule has 3 nitrogen and oxygen atoms in total. The quantitative estimate of drug-likeness (QED) is 0.707. The Morgan fingerprint density at radius 3 is 2.37 bits per heavy atom. The van der Waals surface area contributed by atoms with Gasteiger partial charge in [-0.25, -0.2) is 0 Å². The molecule has 0 aromatic heterocycles. The highest BCUT2D eigenvalue weighted by atomic mass is 16.1. The predicted molar refractivity (Wildman–Crippen MR) is 80.0 cm³/mol. The van der Waals surface area contributed by atoms with E-state index in [9.17, 15) is 4.79 Å². The molecule has 0 aliphatic heterocycles. The van der Waals surface area contributed by atoms with Crippen LogP contribution in [-0.4, -0.2) is 18.5 Å². The topological polar surface area (TPSA) is 41.1 Å². The molecule has 0 saturated heterocycles. The van der Waals surface area contributed by atoms with Gasteiger partial charge in [0.15, 0.2) is 0 Å². The Morgan fingerprint density at radius 2 is 1.79 bits per heavy atom. The summed E-state index contributed by atoms with van der Waals surface area (Å²) in [5.41, 5.74) is 2.49. The van der Waals surface area contributed by atoms with Gasteiger partial charge in [0.25, 0.3) is 0 Å². The second-order valence-corrected chi connectivity index (χ2v) is 5.16. The van der Waals surface area contributed by atoms with E-state index in [0.717, 1.165) is 24.9 Å². The fourth-order valence-electron chi connectivity index (χ4n) is 1.82. The number of carbonyl (C=O) groups is 1. The lowest BCUT2D eigenvalue weighted by molar-refractivity contribution is -0.121. The smallest absolute Gasteiger partial charge is 0.220 e. The normalized spacial score (nSPS) is 10.7. The monoisotopic (exact) mass is 262 g/mol. The van der Waals surface area contributed by atoms with Crippen molar-refractivity contribution in [3.63, 3.8) is 0 Å². The number of carbonyl (C=O) groups excluding carboxylic acids is 1. The van der Waals surface area contributed by atoms with Gasteiger partial charge in [-0.15, -0.1) is 0 Å². The minimum atomic E-state index is 0.130. The van der Waals surface area contributed by atoms with E-state index in [4.69, 9.17) is 0 Å². The Hall–Kier alpha value is -1.35. The van der Waals surface area contributed by atoms with Crippen LogP contribution in [0.2, 0.25) is 0 Å². The van der Waals surface area contributed by atoms with Crippen LogP contribution in [0.1, 0.15) is 44.7 Å². The number of amides is 1. The summed E-state index contributed by atoms with van der Waals surface area (Å²) in [6, 6.07) is 8.89. The van der Waals surface area contributed by atoms with Crippen LogP contribution < -0.4 is 10.6 Å². The summed E-state index contributed by atoms with van der Waals surface area (Å²) in [6.07, 6.45) is 2.53. The Kier molecular flexibility index (Phi) is 7.19. The SMILES string of the molecule is CCc1ccc(CNC(=O)CCCNC(C)C)cc1. The van der Waals surface area contributed by atoms with E-state index in [2.05, 4.69) is 55.7 Å². The van der Waals surface area contributed by atoms with Crippen molar-refractivity contribution in [2.45, 2.75) is 52.6 Å². The van der Waals surface area contributed by atoms with Gasteiger partial charge in [-0.3, -0.25) is 4.79 Å². The average molecular weight is 262 g/mol. The lowest BCUT2D eigenvalue weighted by Gasteiger charge is -2.08. The summed E-state index contributed by atoms with van der Waals surface area (Å²) in [4.78, 5) is 11.6. The largest absolute Gasteiger partial charge is 0.352 e. The van der Waals surface area contributed by atoms with E-state index < -0.39 is 0 Å². The molecule has 0 bridgehead atoms. The van der Waals surface area contributed by atoms with Gasteiger partial charge < -0.3 is 10.6 Å². The number of rotatable bonds is 8. The van der Waals surface area contributed by atoms with Gasteiger partial charge in [0.2, 0.25) is 5.91 Å². The van der Waals surface area contributed by atoms with Gasteiger partial charge in [-0.1, -0.05) is 45.0 Å². The minimum absolute atomic E-state index is 0.130. The molecule has 0 heterocycles. The van der Waals surface area contributed by atoms with E-state index in [0.29, 0.717) is 19.0 Å². The van der Waals surface area contributed by atoms with Crippen molar-refractivity contribution in [2.24, 2.45) is 0 Å². The maximum atomic E-state index is 11.6. The molecule has 1 aromatic rings.